The van der Waals surface area contributed by atoms with Crippen LogP contribution >= 0.6 is 0 Å². The number of ether oxygens (including phenoxy) is 3. The summed E-state index contributed by atoms with van der Waals surface area (Å²) < 4.78 is 30.7. The minimum atomic E-state index is -0.287. The summed E-state index contributed by atoms with van der Waals surface area (Å²) in [5.74, 6) is 0.208. The molecule has 0 aliphatic carbocycles. The lowest BCUT2D eigenvalue weighted by Crippen LogP contribution is -2.19. The van der Waals surface area contributed by atoms with Crippen LogP contribution in [0.4, 0.5) is 4.39 Å². The van der Waals surface area contributed by atoms with E-state index in [9.17, 15) is 9.18 Å². The zero-order valence-electron chi connectivity index (χ0n) is 17.2. The highest BCUT2D eigenvalue weighted by molar-refractivity contribution is 5.24. The molecule has 5 nitrogen and oxygen atoms in total. The van der Waals surface area contributed by atoms with Crippen molar-refractivity contribution in [1.29, 1.82) is 0 Å². The van der Waals surface area contributed by atoms with Crippen LogP contribution < -0.4 is 10.3 Å². The first kappa shape index (κ1) is 21.7. The third kappa shape index (κ3) is 6.27. The van der Waals surface area contributed by atoms with Gasteiger partial charge in [-0.3, -0.25) is 4.79 Å². The standard InChI is InChI=1S/C24H26FNO4/c1-18(30-17-28-2)21-7-3-19(4-8-21)11-13-26-14-12-23(15-24(26)27)29-16-20-5-9-22(25)10-6-20/h3-10,12,14-15,18H,11,13,16-17H2,1-2H3. The van der Waals surface area contributed by atoms with Crippen molar-refractivity contribution in [2.75, 3.05) is 13.9 Å². The van der Waals surface area contributed by atoms with Gasteiger partial charge >= 0.3 is 0 Å². The van der Waals surface area contributed by atoms with Gasteiger partial charge in [0.05, 0.1) is 6.10 Å². The Bertz CT molecular complexity index is 983. The van der Waals surface area contributed by atoms with Gasteiger partial charge in [-0.1, -0.05) is 36.4 Å². The Morgan fingerprint density at radius 3 is 2.37 bits per heavy atom. The summed E-state index contributed by atoms with van der Waals surface area (Å²) in [5.41, 5.74) is 2.94. The number of pyridine rings is 1. The van der Waals surface area contributed by atoms with Crippen molar-refractivity contribution in [2.24, 2.45) is 0 Å². The Morgan fingerprint density at radius 1 is 1.00 bits per heavy atom. The summed E-state index contributed by atoms with van der Waals surface area (Å²) in [5, 5.41) is 0. The molecule has 0 aliphatic rings. The molecule has 1 aromatic heterocycles. The van der Waals surface area contributed by atoms with Gasteiger partial charge in [-0.25, -0.2) is 4.39 Å². The highest BCUT2D eigenvalue weighted by Gasteiger charge is 2.06. The second kappa shape index (κ2) is 10.7. The van der Waals surface area contributed by atoms with E-state index in [0.717, 1.165) is 23.1 Å². The molecule has 0 N–H and O–H groups in total. The number of aromatic nitrogens is 1. The minimum absolute atomic E-state index is 0.0379. The maximum absolute atomic E-state index is 12.9. The van der Waals surface area contributed by atoms with Crippen LogP contribution in [0.1, 0.15) is 29.7 Å². The Kier molecular flexibility index (Phi) is 7.76. The Morgan fingerprint density at radius 2 is 1.70 bits per heavy atom. The normalized spacial score (nSPS) is 12.0. The molecule has 0 fully saturated rings. The molecule has 0 saturated carbocycles. The summed E-state index contributed by atoms with van der Waals surface area (Å²) in [6.07, 6.45) is 2.43. The average Bonchev–Trinajstić information content (AvgIpc) is 2.77. The molecule has 1 atom stereocenters. The lowest BCUT2D eigenvalue weighted by Gasteiger charge is -2.13. The van der Waals surface area contributed by atoms with E-state index in [1.807, 2.05) is 31.2 Å². The highest BCUT2D eigenvalue weighted by atomic mass is 19.1. The Labute approximate surface area is 175 Å². The van der Waals surface area contributed by atoms with Gasteiger partial charge in [0.15, 0.2) is 0 Å². The maximum Gasteiger partial charge on any atom is 0.254 e. The second-order valence-electron chi connectivity index (χ2n) is 7.02. The van der Waals surface area contributed by atoms with Crippen molar-refractivity contribution >= 4 is 0 Å². The van der Waals surface area contributed by atoms with Crippen molar-refractivity contribution < 1.29 is 18.6 Å². The monoisotopic (exact) mass is 411 g/mol. The third-order valence-corrected chi connectivity index (χ3v) is 4.81. The van der Waals surface area contributed by atoms with E-state index in [2.05, 4.69) is 0 Å². The Hall–Kier alpha value is -2.96. The second-order valence-corrected chi connectivity index (χ2v) is 7.02. The summed E-state index contributed by atoms with van der Waals surface area (Å²) in [4.78, 5) is 12.4. The lowest BCUT2D eigenvalue weighted by atomic mass is 10.1. The zero-order valence-corrected chi connectivity index (χ0v) is 17.2. The molecule has 30 heavy (non-hydrogen) atoms. The first-order valence-corrected chi connectivity index (χ1v) is 9.82. The molecule has 3 aromatic rings. The predicted octanol–water partition coefficient (Wildman–Crippen LogP) is 4.49. The molecule has 1 heterocycles. The van der Waals surface area contributed by atoms with Crippen molar-refractivity contribution in [3.05, 3.63) is 99.7 Å². The number of halogens is 1. The van der Waals surface area contributed by atoms with Gasteiger partial charge in [-0.05, 0) is 48.2 Å². The van der Waals surface area contributed by atoms with E-state index in [1.54, 1.807) is 36.1 Å². The molecule has 0 aliphatic heterocycles. The fourth-order valence-corrected chi connectivity index (χ4v) is 2.98. The molecular weight excluding hydrogens is 385 g/mol. The predicted molar refractivity (Wildman–Crippen MR) is 113 cm³/mol. The number of hydrogen-bond donors (Lipinski definition) is 0. The van der Waals surface area contributed by atoms with Crippen LogP contribution in [-0.4, -0.2) is 18.5 Å². The highest BCUT2D eigenvalue weighted by Crippen LogP contribution is 2.17. The van der Waals surface area contributed by atoms with Crippen LogP contribution in [0.3, 0.4) is 0 Å². The van der Waals surface area contributed by atoms with Gasteiger partial charge in [0, 0.05) is 25.9 Å². The van der Waals surface area contributed by atoms with Gasteiger partial charge in [0.2, 0.25) is 0 Å². The van der Waals surface area contributed by atoms with Gasteiger partial charge in [-0.15, -0.1) is 0 Å². The molecule has 1 unspecified atom stereocenters. The SMILES string of the molecule is COCOC(C)c1ccc(CCn2ccc(OCc3ccc(F)cc3)cc2=O)cc1. The zero-order chi connectivity index (χ0) is 21.3. The number of benzene rings is 2. The molecule has 0 bridgehead atoms. The Balaban J connectivity index is 1.53. The quantitative estimate of drug-likeness (QED) is 0.461. The van der Waals surface area contributed by atoms with Gasteiger partial charge in [0.25, 0.3) is 5.56 Å². The van der Waals surface area contributed by atoms with Gasteiger partial charge in [0.1, 0.15) is 25.0 Å². The van der Waals surface area contributed by atoms with Crippen molar-refractivity contribution in [2.45, 2.75) is 32.6 Å². The van der Waals surface area contributed by atoms with E-state index in [4.69, 9.17) is 14.2 Å². The van der Waals surface area contributed by atoms with Crippen LogP contribution in [0.15, 0.2) is 71.7 Å². The smallest absolute Gasteiger partial charge is 0.254 e. The first-order valence-electron chi connectivity index (χ1n) is 9.82. The number of aryl methyl sites for hydroxylation is 2. The first-order chi connectivity index (χ1) is 14.5. The van der Waals surface area contributed by atoms with Crippen LogP contribution in [0.2, 0.25) is 0 Å². The van der Waals surface area contributed by atoms with Gasteiger partial charge < -0.3 is 18.8 Å². The fourth-order valence-electron chi connectivity index (χ4n) is 2.98. The molecule has 158 valence electrons. The molecule has 0 saturated heterocycles. The van der Waals surface area contributed by atoms with E-state index >= 15 is 0 Å². The molecule has 6 heteroatoms. The lowest BCUT2D eigenvalue weighted by molar-refractivity contribution is -0.0666. The molecule has 2 aromatic carbocycles. The van der Waals surface area contributed by atoms with Crippen molar-refractivity contribution in [3.63, 3.8) is 0 Å². The van der Waals surface area contributed by atoms with Gasteiger partial charge in [-0.2, -0.15) is 0 Å². The van der Waals surface area contributed by atoms with Crippen molar-refractivity contribution in [3.8, 4) is 5.75 Å². The van der Waals surface area contributed by atoms with Crippen LogP contribution in [0, 0.1) is 5.82 Å². The molecule has 3 rings (SSSR count). The van der Waals surface area contributed by atoms with E-state index in [0.29, 0.717) is 12.3 Å². The summed E-state index contributed by atoms with van der Waals surface area (Å²) in [6, 6.07) is 17.5. The molecule has 0 amide bonds. The van der Waals surface area contributed by atoms with Crippen LogP contribution in [0.25, 0.3) is 0 Å². The summed E-state index contributed by atoms with van der Waals surface area (Å²) >= 11 is 0. The minimum Gasteiger partial charge on any atom is -0.489 e. The summed E-state index contributed by atoms with van der Waals surface area (Å²) in [7, 11) is 1.60. The fraction of sp³-hybridized carbons (Fsp3) is 0.292. The van der Waals surface area contributed by atoms with E-state index in [1.165, 1.54) is 18.2 Å². The largest absolute Gasteiger partial charge is 0.489 e. The number of nitrogens with zero attached hydrogens (tertiary/aromatic N) is 1. The molecule has 0 radical (unpaired) electrons. The number of rotatable bonds is 10. The number of hydrogen-bond acceptors (Lipinski definition) is 4. The van der Waals surface area contributed by atoms with Crippen molar-refractivity contribution in [1.82, 2.24) is 4.57 Å². The van der Waals surface area contributed by atoms with Crippen LogP contribution in [-0.2, 0) is 29.0 Å². The third-order valence-electron chi connectivity index (χ3n) is 4.81. The van der Waals surface area contributed by atoms with E-state index in [-0.39, 0.29) is 30.9 Å². The maximum atomic E-state index is 12.9. The topological polar surface area (TPSA) is 49.7 Å². The number of methoxy groups -OCH3 is 1. The summed E-state index contributed by atoms with van der Waals surface area (Å²) in [6.45, 7) is 3.09. The molecular formula is C24H26FNO4. The average molecular weight is 411 g/mol. The molecule has 0 spiro atoms. The van der Waals surface area contributed by atoms with E-state index < -0.39 is 0 Å². The van der Waals surface area contributed by atoms with Crippen LogP contribution in [0.5, 0.6) is 5.75 Å².